The third kappa shape index (κ3) is 5.62. The van der Waals surface area contributed by atoms with Crippen molar-refractivity contribution in [3.8, 4) is 5.69 Å². The lowest BCUT2D eigenvalue weighted by molar-refractivity contribution is 1.17. The Hall–Kier alpha value is -5.80. The number of nitrogens with zero attached hydrogens (tertiary/aromatic N) is 3. The molecule has 3 nitrogen and oxygen atoms in total. The van der Waals surface area contributed by atoms with E-state index < -0.39 is 0 Å². The highest BCUT2D eigenvalue weighted by molar-refractivity contribution is 6.16. The van der Waals surface area contributed by atoms with Crippen LogP contribution in [0.1, 0.15) is 23.6 Å². The van der Waals surface area contributed by atoms with Gasteiger partial charge < -0.3 is 14.4 Å². The van der Waals surface area contributed by atoms with E-state index >= 15 is 0 Å². The van der Waals surface area contributed by atoms with Crippen molar-refractivity contribution in [2.24, 2.45) is 0 Å². The first-order chi connectivity index (χ1) is 22.9. The zero-order valence-electron chi connectivity index (χ0n) is 27.5. The van der Waals surface area contributed by atoms with Gasteiger partial charge >= 0.3 is 0 Å². The van der Waals surface area contributed by atoms with Gasteiger partial charge in [0.1, 0.15) is 0 Å². The Bertz CT molecular complexity index is 2170. The van der Waals surface area contributed by atoms with Crippen LogP contribution >= 0.6 is 0 Å². The molecule has 3 heteroatoms. The molecule has 1 heterocycles. The van der Waals surface area contributed by atoms with Crippen molar-refractivity contribution in [2.75, 3.05) is 9.80 Å². The predicted molar refractivity (Wildman–Crippen MR) is 202 cm³/mol. The topological polar surface area (TPSA) is 11.4 Å². The molecule has 0 aliphatic heterocycles. The normalized spacial score (nSPS) is 11.4. The number of aryl methyl sites for hydroxylation is 3. The van der Waals surface area contributed by atoms with E-state index in [9.17, 15) is 0 Å². The highest BCUT2D eigenvalue weighted by atomic mass is 15.2. The fourth-order valence-corrected chi connectivity index (χ4v) is 6.47. The van der Waals surface area contributed by atoms with E-state index in [1.54, 1.807) is 0 Å². The van der Waals surface area contributed by atoms with Crippen molar-refractivity contribution in [1.82, 2.24) is 4.57 Å². The highest BCUT2D eigenvalue weighted by Crippen LogP contribution is 2.42. The Morgan fingerprint density at radius 2 is 1.04 bits per heavy atom. The lowest BCUT2D eigenvalue weighted by Crippen LogP contribution is -2.14. The standard InChI is InChI=1S/C44H39N3/c1-6-10-34(5)45(35-21-15-31(2)16-22-35)42-13-9-14-43-44(42)40-11-7-8-12-41(40)47(43)39-29-27-38(28-30-39)46(36-23-17-32(3)18-24-36)37-25-19-33(4)20-26-37/h6-30H,5H2,1-4H3/b10-6-. The summed E-state index contributed by atoms with van der Waals surface area (Å²) in [6, 6.07) is 50.3. The Morgan fingerprint density at radius 3 is 1.60 bits per heavy atom. The molecule has 0 aliphatic carbocycles. The minimum Gasteiger partial charge on any atom is -0.311 e. The number of benzene rings is 6. The van der Waals surface area contributed by atoms with E-state index in [0.717, 1.165) is 50.9 Å². The maximum atomic E-state index is 4.49. The summed E-state index contributed by atoms with van der Waals surface area (Å²) < 4.78 is 2.38. The van der Waals surface area contributed by atoms with Crippen LogP contribution in [-0.2, 0) is 0 Å². The predicted octanol–water partition coefficient (Wildman–Crippen LogP) is 12.4. The van der Waals surface area contributed by atoms with Crippen LogP contribution in [-0.4, -0.2) is 4.57 Å². The molecule has 0 unspecified atom stereocenters. The van der Waals surface area contributed by atoms with Crippen molar-refractivity contribution < 1.29 is 0 Å². The van der Waals surface area contributed by atoms with Crippen molar-refractivity contribution >= 4 is 50.2 Å². The van der Waals surface area contributed by atoms with Gasteiger partial charge in [0.15, 0.2) is 0 Å². The molecule has 0 radical (unpaired) electrons. The molecular formula is C44H39N3. The molecule has 7 aromatic rings. The van der Waals surface area contributed by atoms with Crippen LogP contribution in [0.3, 0.4) is 0 Å². The number of para-hydroxylation sites is 1. The fourth-order valence-electron chi connectivity index (χ4n) is 6.47. The van der Waals surface area contributed by atoms with Crippen LogP contribution in [0.25, 0.3) is 27.5 Å². The molecular weight excluding hydrogens is 571 g/mol. The molecule has 0 aliphatic rings. The lowest BCUT2D eigenvalue weighted by Gasteiger charge is -2.27. The van der Waals surface area contributed by atoms with Crippen LogP contribution < -0.4 is 9.80 Å². The first-order valence-corrected chi connectivity index (χ1v) is 16.2. The van der Waals surface area contributed by atoms with Crippen LogP contribution in [0.4, 0.5) is 28.4 Å². The Labute approximate surface area is 278 Å². The van der Waals surface area contributed by atoms with E-state index in [-0.39, 0.29) is 0 Å². The van der Waals surface area contributed by atoms with Crippen molar-refractivity contribution in [1.29, 1.82) is 0 Å². The first kappa shape index (κ1) is 29.9. The van der Waals surface area contributed by atoms with Gasteiger partial charge in [-0.3, -0.25) is 0 Å². The van der Waals surface area contributed by atoms with Crippen LogP contribution in [0, 0.1) is 20.8 Å². The van der Waals surface area contributed by atoms with E-state index in [2.05, 4.69) is 187 Å². The van der Waals surface area contributed by atoms with E-state index in [1.807, 2.05) is 13.0 Å². The van der Waals surface area contributed by atoms with E-state index in [0.29, 0.717) is 0 Å². The number of allylic oxidation sites excluding steroid dienone is 2. The Balaban J connectivity index is 1.39. The average Bonchev–Trinajstić information content (AvgIpc) is 3.43. The summed E-state index contributed by atoms with van der Waals surface area (Å²) in [5, 5.41) is 2.40. The molecule has 47 heavy (non-hydrogen) atoms. The number of hydrogen-bond acceptors (Lipinski definition) is 2. The molecule has 0 saturated heterocycles. The zero-order valence-corrected chi connectivity index (χ0v) is 27.5. The fraction of sp³-hybridized carbons (Fsp3) is 0.0909. The maximum Gasteiger partial charge on any atom is 0.0562 e. The smallest absolute Gasteiger partial charge is 0.0562 e. The van der Waals surface area contributed by atoms with Gasteiger partial charge in [-0.25, -0.2) is 0 Å². The Kier molecular flexibility index (Phi) is 7.97. The minimum absolute atomic E-state index is 0.914. The van der Waals surface area contributed by atoms with Gasteiger partial charge in [-0.05, 0) is 113 Å². The summed E-state index contributed by atoms with van der Waals surface area (Å²) in [7, 11) is 0. The number of anilines is 5. The molecule has 0 fully saturated rings. The molecule has 1 aromatic heterocycles. The van der Waals surface area contributed by atoms with Crippen molar-refractivity contribution in [2.45, 2.75) is 27.7 Å². The third-order valence-corrected chi connectivity index (χ3v) is 8.81. The molecule has 0 amide bonds. The second-order valence-electron chi connectivity index (χ2n) is 12.2. The largest absolute Gasteiger partial charge is 0.311 e. The zero-order chi connectivity index (χ0) is 32.5. The SMILES string of the molecule is C=C(/C=C\C)N(c1ccc(C)cc1)c1cccc2c1c1ccccc1n2-c1ccc(N(c2ccc(C)cc2)c2ccc(C)cc2)cc1. The summed E-state index contributed by atoms with van der Waals surface area (Å²) in [5.74, 6) is 0. The van der Waals surface area contributed by atoms with Crippen LogP contribution in [0.15, 0.2) is 164 Å². The third-order valence-electron chi connectivity index (χ3n) is 8.81. The summed E-state index contributed by atoms with van der Waals surface area (Å²) >= 11 is 0. The van der Waals surface area contributed by atoms with E-state index in [1.165, 1.54) is 27.5 Å². The average molecular weight is 610 g/mol. The van der Waals surface area contributed by atoms with Gasteiger partial charge in [-0.15, -0.1) is 0 Å². The van der Waals surface area contributed by atoms with Gasteiger partial charge in [0.05, 0.1) is 16.7 Å². The number of aromatic nitrogens is 1. The molecule has 0 saturated carbocycles. The van der Waals surface area contributed by atoms with Crippen LogP contribution in [0.2, 0.25) is 0 Å². The molecule has 0 atom stereocenters. The molecule has 7 rings (SSSR count). The highest BCUT2D eigenvalue weighted by Gasteiger charge is 2.21. The van der Waals surface area contributed by atoms with Gasteiger partial charge in [-0.1, -0.05) is 90.0 Å². The monoisotopic (exact) mass is 609 g/mol. The second kappa shape index (κ2) is 12.5. The summed E-state index contributed by atoms with van der Waals surface area (Å²) in [5.41, 5.74) is 13.6. The van der Waals surface area contributed by atoms with Gasteiger partial charge in [0, 0.05) is 44.9 Å². The summed E-state index contributed by atoms with van der Waals surface area (Å²) in [4.78, 5) is 4.58. The number of fused-ring (bicyclic) bond motifs is 3. The quantitative estimate of drug-likeness (QED) is 0.159. The van der Waals surface area contributed by atoms with Gasteiger partial charge in [0.25, 0.3) is 0 Å². The first-order valence-electron chi connectivity index (χ1n) is 16.2. The van der Waals surface area contributed by atoms with Gasteiger partial charge in [-0.2, -0.15) is 0 Å². The molecule has 6 aromatic carbocycles. The molecule has 0 spiro atoms. The number of hydrogen-bond donors (Lipinski definition) is 0. The maximum absolute atomic E-state index is 4.49. The Morgan fingerprint density at radius 1 is 0.553 bits per heavy atom. The summed E-state index contributed by atoms with van der Waals surface area (Å²) in [6.45, 7) is 12.9. The minimum atomic E-state index is 0.914. The van der Waals surface area contributed by atoms with Gasteiger partial charge in [0.2, 0.25) is 0 Å². The van der Waals surface area contributed by atoms with Crippen molar-refractivity contribution in [3.05, 3.63) is 181 Å². The summed E-state index contributed by atoms with van der Waals surface area (Å²) in [6.07, 6.45) is 4.12. The van der Waals surface area contributed by atoms with E-state index in [4.69, 9.17) is 0 Å². The van der Waals surface area contributed by atoms with Crippen LogP contribution in [0.5, 0.6) is 0 Å². The molecule has 0 bridgehead atoms. The second-order valence-corrected chi connectivity index (χ2v) is 12.2. The molecule has 230 valence electrons. The number of rotatable bonds is 8. The van der Waals surface area contributed by atoms with Crippen molar-refractivity contribution in [3.63, 3.8) is 0 Å². The lowest BCUT2D eigenvalue weighted by atomic mass is 10.1. The molecule has 0 N–H and O–H groups in total.